The van der Waals surface area contributed by atoms with Crippen molar-refractivity contribution in [3.63, 3.8) is 0 Å². The number of methoxy groups -OCH3 is 1. The van der Waals surface area contributed by atoms with Crippen LogP contribution in [0.1, 0.15) is 0 Å². The second-order valence-corrected chi connectivity index (χ2v) is 5.28. The molecule has 7 heteroatoms. The van der Waals surface area contributed by atoms with Crippen LogP contribution in [-0.4, -0.2) is 44.0 Å². The lowest BCUT2D eigenvalue weighted by Gasteiger charge is -2.17. The molecule has 0 aliphatic carbocycles. The van der Waals surface area contributed by atoms with Crippen molar-refractivity contribution in [3.8, 4) is 11.5 Å². The van der Waals surface area contributed by atoms with Crippen molar-refractivity contribution < 1.29 is 23.5 Å². The Balaban J connectivity index is 1.82. The number of rotatable bonds is 7. The van der Waals surface area contributed by atoms with E-state index in [-0.39, 0.29) is 24.8 Å². The maximum atomic E-state index is 13.0. The van der Waals surface area contributed by atoms with E-state index in [0.717, 1.165) is 0 Å². The third-order valence-electron chi connectivity index (χ3n) is 3.32. The molecule has 0 radical (unpaired) electrons. The molecular weight excluding hydrogens is 327 g/mol. The van der Waals surface area contributed by atoms with Crippen LogP contribution >= 0.6 is 0 Å². The predicted molar refractivity (Wildman–Crippen MR) is 91.2 cm³/mol. The molecule has 2 rings (SSSR count). The number of halogens is 1. The number of carbonyl (C=O) groups is 2. The van der Waals surface area contributed by atoms with Crippen LogP contribution in [-0.2, 0) is 9.59 Å². The highest BCUT2D eigenvalue weighted by Gasteiger charge is 2.14. The summed E-state index contributed by atoms with van der Waals surface area (Å²) in [6.45, 7) is -0.422. The fourth-order valence-electron chi connectivity index (χ4n) is 2.02. The van der Waals surface area contributed by atoms with Crippen molar-refractivity contribution in [2.75, 3.05) is 32.6 Å². The second-order valence-electron chi connectivity index (χ2n) is 5.28. The van der Waals surface area contributed by atoms with Crippen LogP contribution in [0.5, 0.6) is 11.5 Å². The van der Waals surface area contributed by atoms with E-state index in [1.807, 2.05) is 0 Å². The Morgan fingerprint density at radius 2 is 1.84 bits per heavy atom. The highest BCUT2D eigenvalue weighted by Crippen LogP contribution is 2.16. The Morgan fingerprint density at radius 1 is 1.12 bits per heavy atom. The van der Waals surface area contributed by atoms with Crippen LogP contribution in [0.15, 0.2) is 48.5 Å². The van der Waals surface area contributed by atoms with E-state index in [0.29, 0.717) is 11.4 Å². The first-order valence-corrected chi connectivity index (χ1v) is 7.54. The second kappa shape index (κ2) is 8.68. The van der Waals surface area contributed by atoms with Crippen molar-refractivity contribution in [2.45, 2.75) is 0 Å². The largest absolute Gasteiger partial charge is 0.497 e. The summed E-state index contributed by atoms with van der Waals surface area (Å²) in [4.78, 5) is 25.2. The van der Waals surface area contributed by atoms with Gasteiger partial charge in [0, 0.05) is 24.9 Å². The van der Waals surface area contributed by atoms with Crippen molar-refractivity contribution >= 4 is 17.5 Å². The lowest BCUT2D eigenvalue weighted by Crippen LogP contribution is -2.37. The summed E-state index contributed by atoms with van der Waals surface area (Å²) in [5.41, 5.74) is 0.571. The summed E-state index contributed by atoms with van der Waals surface area (Å²) in [5, 5.41) is 2.68. The van der Waals surface area contributed by atoms with Gasteiger partial charge in [-0.1, -0.05) is 12.1 Å². The molecule has 0 spiro atoms. The number of anilines is 1. The molecule has 6 nitrogen and oxygen atoms in total. The summed E-state index contributed by atoms with van der Waals surface area (Å²) in [6.07, 6.45) is 0. The predicted octanol–water partition coefficient (Wildman–Crippen LogP) is 2.31. The fourth-order valence-corrected chi connectivity index (χ4v) is 2.02. The number of nitrogens with zero attached hydrogens (tertiary/aromatic N) is 1. The van der Waals surface area contributed by atoms with E-state index in [2.05, 4.69) is 5.32 Å². The van der Waals surface area contributed by atoms with E-state index in [1.54, 1.807) is 30.3 Å². The van der Waals surface area contributed by atoms with Gasteiger partial charge in [0.25, 0.3) is 5.91 Å². The first kappa shape index (κ1) is 18.3. The number of amides is 2. The Kier molecular flexibility index (Phi) is 6.33. The molecule has 0 unspecified atom stereocenters. The van der Waals surface area contributed by atoms with Crippen LogP contribution < -0.4 is 14.8 Å². The molecule has 2 amide bonds. The van der Waals surface area contributed by atoms with Crippen molar-refractivity contribution in [3.05, 3.63) is 54.3 Å². The highest BCUT2D eigenvalue weighted by molar-refractivity contribution is 5.94. The van der Waals surface area contributed by atoms with Gasteiger partial charge in [0.15, 0.2) is 6.61 Å². The SMILES string of the molecule is COc1cccc(NC(=O)CN(C)C(=O)COc2cccc(F)c2)c1. The molecule has 2 aromatic rings. The number of carbonyl (C=O) groups excluding carboxylic acids is 2. The molecule has 0 aromatic heterocycles. The zero-order valence-electron chi connectivity index (χ0n) is 14.0. The lowest BCUT2D eigenvalue weighted by atomic mass is 10.3. The van der Waals surface area contributed by atoms with Crippen molar-refractivity contribution in [1.82, 2.24) is 4.90 Å². The van der Waals surface area contributed by atoms with Gasteiger partial charge < -0.3 is 19.7 Å². The van der Waals surface area contributed by atoms with Gasteiger partial charge in [0.2, 0.25) is 5.91 Å². The van der Waals surface area contributed by atoms with Crippen molar-refractivity contribution in [2.24, 2.45) is 0 Å². The molecular formula is C18H19FN2O4. The summed E-state index contributed by atoms with van der Waals surface area (Å²) in [6, 6.07) is 12.4. The average molecular weight is 346 g/mol. The molecule has 0 heterocycles. The minimum atomic E-state index is -0.448. The van der Waals surface area contributed by atoms with Gasteiger partial charge in [-0.2, -0.15) is 0 Å². The molecule has 0 fully saturated rings. The van der Waals surface area contributed by atoms with Crippen molar-refractivity contribution in [1.29, 1.82) is 0 Å². The summed E-state index contributed by atoms with van der Waals surface area (Å²) in [7, 11) is 3.02. The number of hydrogen-bond acceptors (Lipinski definition) is 4. The van der Waals surface area contributed by atoms with Crippen LogP contribution in [0, 0.1) is 5.82 Å². The van der Waals surface area contributed by atoms with Gasteiger partial charge in [-0.15, -0.1) is 0 Å². The monoisotopic (exact) mass is 346 g/mol. The maximum absolute atomic E-state index is 13.0. The first-order chi connectivity index (χ1) is 12.0. The minimum absolute atomic E-state index is 0.136. The van der Waals surface area contributed by atoms with Crippen LogP contribution in [0.3, 0.4) is 0 Å². The van der Waals surface area contributed by atoms with Gasteiger partial charge in [-0.3, -0.25) is 9.59 Å². The Bertz CT molecular complexity index is 751. The van der Waals surface area contributed by atoms with Gasteiger partial charge >= 0.3 is 0 Å². The fraction of sp³-hybridized carbons (Fsp3) is 0.222. The van der Waals surface area contributed by atoms with E-state index in [4.69, 9.17) is 9.47 Å². The highest BCUT2D eigenvalue weighted by atomic mass is 19.1. The molecule has 0 atom stereocenters. The molecule has 2 aromatic carbocycles. The van der Waals surface area contributed by atoms with Crippen LogP contribution in [0.25, 0.3) is 0 Å². The zero-order valence-corrected chi connectivity index (χ0v) is 14.0. The number of ether oxygens (including phenoxy) is 2. The number of nitrogens with one attached hydrogen (secondary N) is 1. The molecule has 0 aliphatic rings. The molecule has 0 saturated heterocycles. The topological polar surface area (TPSA) is 67.9 Å². The molecule has 0 bridgehead atoms. The average Bonchev–Trinajstić information content (AvgIpc) is 2.59. The smallest absolute Gasteiger partial charge is 0.260 e. The van der Waals surface area contributed by atoms with Gasteiger partial charge in [0.05, 0.1) is 13.7 Å². The van der Waals surface area contributed by atoms with Gasteiger partial charge in [-0.25, -0.2) is 4.39 Å². The summed E-state index contributed by atoms with van der Waals surface area (Å²) in [5.74, 6) is -0.329. The van der Waals surface area contributed by atoms with E-state index in [9.17, 15) is 14.0 Å². The van der Waals surface area contributed by atoms with E-state index < -0.39 is 11.7 Å². The Labute approximate surface area is 145 Å². The number of likely N-dealkylation sites (N-methyl/N-ethyl adjacent to an activating group) is 1. The number of hydrogen-bond donors (Lipinski definition) is 1. The van der Waals surface area contributed by atoms with Gasteiger partial charge in [0.1, 0.15) is 17.3 Å². The molecule has 0 aliphatic heterocycles. The third kappa shape index (κ3) is 5.80. The molecule has 1 N–H and O–H groups in total. The maximum Gasteiger partial charge on any atom is 0.260 e. The molecule has 25 heavy (non-hydrogen) atoms. The molecule has 132 valence electrons. The Morgan fingerprint density at radius 3 is 2.56 bits per heavy atom. The molecule has 0 saturated carbocycles. The third-order valence-corrected chi connectivity index (χ3v) is 3.32. The zero-order chi connectivity index (χ0) is 18.2. The normalized spacial score (nSPS) is 10.0. The van der Waals surface area contributed by atoms with Crippen LogP contribution in [0.4, 0.5) is 10.1 Å². The minimum Gasteiger partial charge on any atom is -0.497 e. The summed E-state index contributed by atoms with van der Waals surface area (Å²) >= 11 is 0. The quantitative estimate of drug-likeness (QED) is 0.835. The van der Waals surface area contributed by atoms with E-state index in [1.165, 1.54) is 37.3 Å². The van der Waals surface area contributed by atoms with Crippen LogP contribution in [0.2, 0.25) is 0 Å². The Hall–Kier alpha value is -3.09. The summed E-state index contributed by atoms with van der Waals surface area (Å²) < 4.78 is 23.3. The van der Waals surface area contributed by atoms with Gasteiger partial charge in [-0.05, 0) is 24.3 Å². The first-order valence-electron chi connectivity index (χ1n) is 7.54. The lowest BCUT2D eigenvalue weighted by molar-refractivity contribution is -0.135. The number of benzene rings is 2. The standard InChI is InChI=1S/C18H19FN2O4/c1-21(18(23)12-25-16-8-3-5-13(19)9-16)11-17(22)20-14-6-4-7-15(10-14)24-2/h3-10H,11-12H2,1-2H3,(H,20,22). The van der Waals surface area contributed by atoms with E-state index >= 15 is 0 Å².